The Balaban J connectivity index is 1.38. The minimum absolute atomic E-state index is 0.0727. The number of fused-ring (bicyclic) bond motifs is 4. The first-order chi connectivity index (χ1) is 12.2. The van der Waals surface area contributed by atoms with Crippen LogP contribution in [0, 0.1) is 0 Å². The summed E-state index contributed by atoms with van der Waals surface area (Å²) in [6.45, 7) is 0.189. The molecule has 0 aliphatic carbocycles. The predicted octanol–water partition coefficient (Wildman–Crippen LogP) is 2.62. The zero-order chi connectivity index (χ0) is 17.0. The lowest BCUT2D eigenvalue weighted by Gasteiger charge is -2.22. The molecule has 3 heterocycles. The summed E-state index contributed by atoms with van der Waals surface area (Å²) in [5.41, 5.74) is 2.32. The van der Waals surface area contributed by atoms with Gasteiger partial charge in [0, 0.05) is 23.1 Å². The van der Waals surface area contributed by atoms with Gasteiger partial charge in [-0.3, -0.25) is 9.59 Å². The van der Waals surface area contributed by atoms with Gasteiger partial charge in [-0.1, -0.05) is 18.2 Å². The number of benzene rings is 2. The van der Waals surface area contributed by atoms with Crippen LogP contribution in [0.25, 0.3) is 0 Å². The monoisotopic (exact) mass is 354 g/mol. The molecule has 2 aromatic rings. The average Bonchev–Trinajstić information content (AvgIpc) is 3.32. The van der Waals surface area contributed by atoms with Crippen LogP contribution in [0.15, 0.2) is 42.5 Å². The van der Waals surface area contributed by atoms with Gasteiger partial charge in [0.15, 0.2) is 11.5 Å². The largest absolute Gasteiger partial charge is 0.454 e. The molecule has 2 amide bonds. The molecule has 0 unspecified atom stereocenters. The van der Waals surface area contributed by atoms with Crippen molar-refractivity contribution in [3.63, 3.8) is 0 Å². The summed E-state index contributed by atoms with van der Waals surface area (Å²) in [5, 5.41) is 2.82. The lowest BCUT2D eigenvalue weighted by atomic mass is 10.1. The number of rotatable bonds is 2. The Kier molecular flexibility index (Phi) is 3.18. The van der Waals surface area contributed by atoms with E-state index in [1.165, 1.54) is 0 Å². The van der Waals surface area contributed by atoms with Gasteiger partial charge in [0.1, 0.15) is 11.4 Å². The fourth-order valence-electron chi connectivity index (χ4n) is 3.44. The van der Waals surface area contributed by atoms with Crippen molar-refractivity contribution in [1.82, 2.24) is 4.90 Å². The average molecular weight is 354 g/mol. The van der Waals surface area contributed by atoms with E-state index in [-0.39, 0.29) is 24.0 Å². The molecule has 2 atom stereocenters. The fraction of sp³-hybridized carbons (Fsp3) is 0.222. The molecule has 6 nitrogen and oxygen atoms in total. The smallest absolute Gasteiger partial charge is 0.256 e. The van der Waals surface area contributed by atoms with Crippen LogP contribution >= 0.6 is 11.8 Å². The summed E-state index contributed by atoms with van der Waals surface area (Å²) in [6, 6.07) is 12.3. The van der Waals surface area contributed by atoms with Crippen molar-refractivity contribution in [2.75, 3.05) is 17.9 Å². The highest BCUT2D eigenvalue weighted by Crippen LogP contribution is 2.48. The predicted molar refractivity (Wildman–Crippen MR) is 92.8 cm³/mol. The molecule has 126 valence electrons. The van der Waals surface area contributed by atoms with E-state index in [4.69, 9.17) is 9.47 Å². The summed E-state index contributed by atoms with van der Waals surface area (Å²) in [7, 11) is 0. The van der Waals surface area contributed by atoms with E-state index in [2.05, 4.69) is 5.32 Å². The highest BCUT2D eigenvalue weighted by molar-refractivity contribution is 7.99. The van der Waals surface area contributed by atoms with Gasteiger partial charge in [0.2, 0.25) is 12.7 Å². The maximum Gasteiger partial charge on any atom is 0.256 e. The van der Waals surface area contributed by atoms with Crippen molar-refractivity contribution in [2.24, 2.45) is 0 Å². The number of thioether (sulfide) groups is 1. The minimum Gasteiger partial charge on any atom is -0.454 e. The molecule has 0 spiro atoms. The second-order valence-electron chi connectivity index (χ2n) is 6.06. The number of nitrogens with one attached hydrogen (secondary N) is 1. The van der Waals surface area contributed by atoms with E-state index in [0.29, 0.717) is 28.5 Å². The quantitative estimate of drug-likeness (QED) is 0.898. The Bertz CT molecular complexity index is 900. The molecule has 2 aromatic carbocycles. The Morgan fingerprint density at radius 2 is 2.00 bits per heavy atom. The Labute approximate surface area is 148 Å². The maximum absolute atomic E-state index is 12.8. The molecule has 5 rings (SSSR count). The van der Waals surface area contributed by atoms with Crippen LogP contribution in [-0.4, -0.2) is 35.3 Å². The lowest BCUT2D eigenvalue weighted by molar-refractivity contribution is -0.119. The molecule has 0 radical (unpaired) electrons. The van der Waals surface area contributed by atoms with Crippen molar-refractivity contribution in [3.8, 4) is 11.5 Å². The fourth-order valence-corrected chi connectivity index (χ4v) is 4.91. The van der Waals surface area contributed by atoms with E-state index in [1.54, 1.807) is 34.9 Å². The molecular formula is C18H14N2O4S. The number of hydrogen-bond acceptors (Lipinski definition) is 5. The zero-order valence-corrected chi connectivity index (χ0v) is 13.9. The Morgan fingerprint density at radius 1 is 1.16 bits per heavy atom. The SMILES string of the molecule is O=C(Nc1ccc2c(c1)OCO2)[C@@H]1CS[C@@H]2c3ccccc3C(=O)N21. The molecule has 7 heteroatoms. The van der Waals surface area contributed by atoms with Crippen molar-refractivity contribution in [2.45, 2.75) is 11.4 Å². The van der Waals surface area contributed by atoms with Crippen LogP contribution in [0.3, 0.4) is 0 Å². The molecule has 1 saturated heterocycles. The van der Waals surface area contributed by atoms with Crippen LogP contribution in [0.4, 0.5) is 5.69 Å². The number of carbonyl (C=O) groups is 2. The number of ether oxygens (including phenoxy) is 2. The molecule has 25 heavy (non-hydrogen) atoms. The van der Waals surface area contributed by atoms with E-state index < -0.39 is 6.04 Å². The van der Waals surface area contributed by atoms with Gasteiger partial charge in [-0.2, -0.15) is 0 Å². The third-order valence-electron chi connectivity index (χ3n) is 4.63. The zero-order valence-electron chi connectivity index (χ0n) is 13.1. The van der Waals surface area contributed by atoms with E-state index in [9.17, 15) is 9.59 Å². The van der Waals surface area contributed by atoms with Gasteiger partial charge in [0.25, 0.3) is 5.91 Å². The summed E-state index contributed by atoms with van der Waals surface area (Å²) in [5.74, 6) is 1.61. The summed E-state index contributed by atoms with van der Waals surface area (Å²) < 4.78 is 10.6. The van der Waals surface area contributed by atoms with Crippen LogP contribution in [0.5, 0.6) is 11.5 Å². The molecule has 0 saturated carbocycles. The molecule has 0 bridgehead atoms. The van der Waals surface area contributed by atoms with Crippen molar-refractivity contribution in [1.29, 1.82) is 0 Å². The molecule has 1 fully saturated rings. The third-order valence-corrected chi connectivity index (χ3v) is 5.94. The summed E-state index contributed by atoms with van der Waals surface area (Å²) in [6.07, 6.45) is 0. The van der Waals surface area contributed by atoms with E-state index >= 15 is 0 Å². The number of nitrogens with zero attached hydrogens (tertiary/aromatic N) is 1. The normalized spacial score (nSPS) is 22.7. The van der Waals surface area contributed by atoms with E-state index in [1.807, 2.05) is 24.3 Å². The number of anilines is 1. The van der Waals surface area contributed by atoms with Gasteiger partial charge in [-0.25, -0.2) is 0 Å². The summed E-state index contributed by atoms with van der Waals surface area (Å²) in [4.78, 5) is 27.2. The van der Waals surface area contributed by atoms with Crippen molar-refractivity contribution >= 4 is 29.3 Å². The second-order valence-corrected chi connectivity index (χ2v) is 7.17. The van der Waals surface area contributed by atoms with Crippen LogP contribution in [0.1, 0.15) is 21.3 Å². The number of carbonyl (C=O) groups excluding carboxylic acids is 2. The Morgan fingerprint density at radius 3 is 2.92 bits per heavy atom. The first-order valence-electron chi connectivity index (χ1n) is 7.96. The van der Waals surface area contributed by atoms with Crippen LogP contribution < -0.4 is 14.8 Å². The van der Waals surface area contributed by atoms with Crippen molar-refractivity contribution < 1.29 is 19.1 Å². The Hall–Kier alpha value is -2.67. The van der Waals surface area contributed by atoms with Crippen molar-refractivity contribution in [3.05, 3.63) is 53.6 Å². The summed E-state index contributed by atoms with van der Waals surface area (Å²) >= 11 is 1.63. The topological polar surface area (TPSA) is 67.9 Å². The first-order valence-corrected chi connectivity index (χ1v) is 9.01. The second kappa shape index (κ2) is 5.42. The van der Waals surface area contributed by atoms with Gasteiger partial charge in [-0.15, -0.1) is 11.8 Å². The number of hydrogen-bond donors (Lipinski definition) is 1. The molecule has 3 aliphatic rings. The van der Waals surface area contributed by atoms with Gasteiger partial charge in [0.05, 0.1) is 0 Å². The molecule has 1 N–H and O–H groups in total. The highest BCUT2D eigenvalue weighted by atomic mass is 32.2. The molecule has 3 aliphatic heterocycles. The number of amides is 2. The lowest BCUT2D eigenvalue weighted by Crippen LogP contribution is -2.42. The maximum atomic E-state index is 12.8. The van der Waals surface area contributed by atoms with Gasteiger partial charge >= 0.3 is 0 Å². The molecule has 0 aromatic heterocycles. The standard InChI is InChI=1S/C18H14N2O4S/c21-16(19-10-5-6-14-15(7-10)24-9-23-14)13-8-25-18-12-4-2-1-3-11(12)17(22)20(13)18/h1-7,13,18H,8-9H2,(H,19,21)/t13-,18+/m0/s1. The highest BCUT2D eigenvalue weighted by Gasteiger charge is 2.48. The van der Waals surface area contributed by atoms with Gasteiger partial charge < -0.3 is 19.7 Å². The van der Waals surface area contributed by atoms with Crippen LogP contribution in [-0.2, 0) is 4.79 Å². The first kappa shape index (κ1) is 14.7. The molecular weight excluding hydrogens is 340 g/mol. The van der Waals surface area contributed by atoms with Crippen LogP contribution in [0.2, 0.25) is 0 Å². The third kappa shape index (κ3) is 2.19. The minimum atomic E-state index is -0.486. The van der Waals surface area contributed by atoms with E-state index in [0.717, 1.165) is 5.56 Å². The van der Waals surface area contributed by atoms with Gasteiger partial charge in [-0.05, 0) is 23.8 Å².